The largest absolute Gasteiger partial charge is 0.480 e. The molecule has 3 unspecified atom stereocenters. The van der Waals surface area contributed by atoms with Gasteiger partial charge in [-0.15, -0.1) is 11.8 Å². The molecular weight excluding hydrogens is 1790 g/mol. The number of nitrogens with zero attached hydrogens (tertiary/aromatic N) is 6. The number of para-hydroxylation sites is 2. The number of imidazole rings is 1. The normalized spacial score (nSPS) is 21.6. The summed E-state index contributed by atoms with van der Waals surface area (Å²) in [4.78, 5) is 265. The molecule has 16 atom stereocenters. The van der Waals surface area contributed by atoms with E-state index in [2.05, 4.69) is 51.8 Å². The molecule has 6 fully saturated rings. The summed E-state index contributed by atoms with van der Waals surface area (Å²) >= 11 is 2.36. The number of H-pyrrole nitrogens is 3. The number of nitrogens with one attached hydrogen (secondary N) is 10. The minimum atomic E-state index is -1.80. The summed E-state index contributed by atoms with van der Waals surface area (Å²) in [6.07, 6.45) is 9.05. The summed E-state index contributed by atoms with van der Waals surface area (Å²) in [5, 5.41) is 57.7. The highest BCUT2D eigenvalue weighted by Gasteiger charge is 2.50. The molecule has 3 aromatic heterocycles. The van der Waals surface area contributed by atoms with Crippen LogP contribution >= 0.6 is 23.5 Å². The van der Waals surface area contributed by atoms with Gasteiger partial charge in [-0.2, -0.15) is 11.8 Å². The molecule has 5 saturated heterocycles. The van der Waals surface area contributed by atoms with E-state index < -0.39 is 227 Å². The van der Waals surface area contributed by atoms with E-state index in [1.54, 1.807) is 32.3 Å². The number of carboxylic acids is 1. The van der Waals surface area contributed by atoms with Gasteiger partial charge in [-0.25, -0.2) is 9.78 Å². The second kappa shape index (κ2) is 48.2. The number of imide groups is 1. The summed E-state index contributed by atoms with van der Waals surface area (Å²) in [5.41, 5.74) is 15.0. The Bertz CT molecular complexity index is 5180. The van der Waals surface area contributed by atoms with Crippen LogP contribution in [-0.4, -0.2) is 301 Å². The van der Waals surface area contributed by atoms with Crippen LogP contribution in [0.5, 0.6) is 0 Å². The number of hydrogen-bond donors (Lipinski definition) is 15. The predicted octanol–water partition coefficient (Wildman–Crippen LogP) is 3.46. The van der Waals surface area contributed by atoms with Crippen molar-refractivity contribution in [2.45, 2.75) is 261 Å². The minimum Gasteiger partial charge on any atom is -0.480 e. The van der Waals surface area contributed by atoms with Crippen molar-refractivity contribution in [3.8, 4) is 0 Å². The number of carbonyl (C=O) groups is 17. The Morgan fingerprint density at radius 2 is 1.18 bits per heavy atom. The molecule has 0 bridgehead atoms. The van der Waals surface area contributed by atoms with E-state index in [1.807, 2.05) is 69.5 Å². The van der Waals surface area contributed by atoms with Gasteiger partial charge in [0.1, 0.15) is 47.8 Å². The van der Waals surface area contributed by atoms with Crippen LogP contribution in [0.15, 0.2) is 73.4 Å². The first-order valence-corrected chi connectivity index (χ1v) is 50.0. The van der Waals surface area contributed by atoms with Crippen LogP contribution in [0.2, 0.25) is 0 Å². The maximum absolute atomic E-state index is 15.4. The number of aromatic nitrogens is 4. The lowest BCUT2D eigenvalue weighted by molar-refractivity contribution is -0.149. The summed E-state index contributed by atoms with van der Waals surface area (Å²) in [7, 11) is 0. The SMILES string of the molecule is CSCC[C@H](CC(=O)[C@@H]1CCCN1C(=O)[C@@H]1CCCN1C(=O)[C@H](CCCNC(=N)N)NC(=O)[C@@H](CC(=O)C(C(N)C(=O)[C@H](CSC1CC(=O)N(CC2CCC(C(=O)C(C)(C)C)CC2)C1=O)NC(C)=O)[C@@H](C)O)Cc1cnc[nH]1)C(=O)N[C@@H](Cc1c[nH]c2ccccc12)C(=O)C[C@@H](CO)C(=O)N1CCC[C@H]1C(=O)N[C@H](C(=O)N[C@@H](Cc1c[nH]c2ccccc12)C(=O)N1CCC[C@H]1C(=O)O)C(C)C. The van der Waals surface area contributed by atoms with Crippen molar-refractivity contribution in [3.63, 3.8) is 0 Å². The van der Waals surface area contributed by atoms with Crippen molar-refractivity contribution >= 4 is 151 Å². The van der Waals surface area contributed by atoms with E-state index in [0.717, 1.165) is 35.0 Å². The number of guanidine groups is 1. The number of aromatic amines is 3. The molecule has 11 amide bonds. The number of carbonyl (C=O) groups excluding carboxylic acids is 16. The molecule has 1 aliphatic carbocycles. The van der Waals surface area contributed by atoms with Crippen molar-refractivity contribution in [1.29, 1.82) is 5.41 Å². The first-order valence-electron chi connectivity index (χ1n) is 47.5. The Hall–Kier alpha value is -11.2. The number of amides is 11. The number of fused-ring (bicyclic) bond motifs is 2. The van der Waals surface area contributed by atoms with E-state index >= 15 is 28.8 Å². The molecule has 11 rings (SSSR count). The fourth-order valence-corrected chi connectivity index (χ4v) is 21.9. The number of benzene rings is 2. The van der Waals surface area contributed by atoms with Gasteiger partial charge in [-0.05, 0) is 150 Å². The van der Waals surface area contributed by atoms with Crippen LogP contribution in [0.3, 0.4) is 0 Å². The molecule has 2 aromatic carbocycles. The molecule has 5 aliphatic heterocycles. The lowest BCUT2D eigenvalue weighted by Gasteiger charge is -2.34. The predicted molar refractivity (Wildman–Crippen MR) is 507 cm³/mol. The van der Waals surface area contributed by atoms with Gasteiger partial charge < -0.3 is 93.2 Å². The fourth-order valence-electron chi connectivity index (χ4n) is 20.1. The summed E-state index contributed by atoms with van der Waals surface area (Å²) < 4.78 is 0. The van der Waals surface area contributed by atoms with Gasteiger partial charge in [0, 0.05) is 160 Å². The lowest BCUT2D eigenvalue weighted by atomic mass is 9.73. The average molecular weight is 1920 g/mol. The Morgan fingerprint density at radius 1 is 0.625 bits per heavy atom. The van der Waals surface area contributed by atoms with Crippen LogP contribution in [0, 0.1) is 52.2 Å². The van der Waals surface area contributed by atoms with E-state index in [0.29, 0.717) is 79.5 Å². The number of nitrogens with two attached hydrogens (primary N) is 2. The number of aliphatic hydroxyl groups excluding tert-OH is 2. The van der Waals surface area contributed by atoms with Gasteiger partial charge in [-0.1, -0.05) is 71.0 Å². The quantitative estimate of drug-likeness (QED) is 0.0115. The molecule has 5 aromatic rings. The summed E-state index contributed by atoms with van der Waals surface area (Å²) in [6, 6.07) is 1.59. The van der Waals surface area contributed by atoms with Gasteiger partial charge in [-0.3, -0.25) is 87.0 Å². The average Bonchev–Trinajstić information content (AvgIpc) is 1.67. The number of carboxylic acid groups (broad SMARTS) is 1. The van der Waals surface area contributed by atoms with E-state index in [1.165, 1.54) is 55.7 Å². The molecular formula is C96H134N18O20S2. The zero-order valence-electron chi connectivity index (χ0n) is 78.8. The van der Waals surface area contributed by atoms with E-state index in [-0.39, 0.29) is 139 Å². The summed E-state index contributed by atoms with van der Waals surface area (Å²) in [5.74, 6) is -17.5. The number of hydrogen-bond acceptors (Lipinski definition) is 24. The highest BCUT2D eigenvalue weighted by Crippen LogP contribution is 2.38. The second-order valence-electron chi connectivity index (χ2n) is 38.6. The molecule has 8 heterocycles. The van der Waals surface area contributed by atoms with Gasteiger partial charge in [0.15, 0.2) is 23.3 Å². The molecule has 17 N–H and O–H groups in total. The Morgan fingerprint density at radius 3 is 1.76 bits per heavy atom. The van der Waals surface area contributed by atoms with Crippen molar-refractivity contribution in [2.24, 2.45) is 58.3 Å². The number of rotatable bonds is 48. The Labute approximate surface area is 799 Å². The number of aliphatic hydroxyl groups is 2. The fraction of sp³-hybridized carbons (Fsp3) is 0.615. The monoisotopic (exact) mass is 1920 g/mol. The van der Waals surface area contributed by atoms with Crippen LogP contribution < -0.4 is 43.4 Å². The molecule has 0 radical (unpaired) electrons. The Kier molecular flexibility index (Phi) is 37.3. The third kappa shape index (κ3) is 26.6. The topological polar surface area (TPSA) is 575 Å². The smallest absolute Gasteiger partial charge is 0.326 e. The van der Waals surface area contributed by atoms with E-state index in [9.17, 15) is 68.1 Å². The number of Topliss-reactive ketones (excluding diaryl/α,β-unsaturated/α-hetero) is 5. The van der Waals surface area contributed by atoms with Gasteiger partial charge in [0.05, 0.1) is 66.2 Å². The minimum absolute atomic E-state index is 0.0124. The van der Waals surface area contributed by atoms with Gasteiger partial charge in [0.25, 0.3) is 0 Å². The first-order chi connectivity index (χ1) is 64.8. The van der Waals surface area contributed by atoms with Crippen LogP contribution in [0.25, 0.3) is 21.8 Å². The third-order valence-electron chi connectivity index (χ3n) is 27.5. The molecule has 740 valence electrons. The number of ketones is 5. The van der Waals surface area contributed by atoms with Crippen molar-refractivity contribution in [1.82, 2.24) is 76.3 Å². The standard InChI is InChI=1S/C96H134N18O20S2/c1-52(2)82(88(127)108-69(91(130)113-36-17-26-74(113)94(133)134)40-60-46-103-66-21-12-10-19-64(60)66)109-87(126)72-24-15-34-111(72)89(128)61(49-115)43-75(118)68(39-59-45-102-65-20-11-9-18-63(59)65)107-85(124)57(31-37-135-8)41-76(119)71-23-14-33-110(71)92(131)73-25-16-35-112(73)90(129)67(22-13-32-101-95(98)99)106-86(125)58(38-62-47-100-51-104-62)42-77(120)80(53(3)116)81(97)83(122)70(105-54(4)117)50-136-78-44-79(121)114(93(78)132)48-55-27-29-56(30-28-55)84(123)96(5,6)7/h9-12,18-21,45-47,51-53,55-58,61,67-74,78,80-82,102-103,115-116H,13-17,22-44,48-50,97H2,1-8H3,(H,100,104)(H,105,117)(H,106,125)(H,107,124)(H,108,127)(H,109,126)(H,133,134)(H4,98,99,101)/t53-,55?,56?,57-,58-,61+,67+,68+,69+,70+,71+,72+,73+,74+,78?,80?,81?,82+/m1/s1. The molecule has 136 heavy (non-hydrogen) atoms. The third-order valence-corrected chi connectivity index (χ3v) is 29.4. The highest BCUT2D eigenvalue weighted by molar-refractivity contribution is 8.00. The van der Waals surface area contributed by atoms with Gasteiger partial charge >= 0.3 is 5.97 Å². The molecule has 0 spiro atoms. The zero-order valence-corrected chi connectivity index (χ0v) is 80.4. The van der Waals surface area contributed by atoms with Crippen molar-refractivity contribution in [3.05, 3.63) is 90.3 Å². The van der Waals surface area contributed by atoms with Crippen molar-refractivity contribution in [2.75, 3.05) is 63.6 Å². The number of thioether (sulfide) groups is 2. The lowest BCUT2D eigenvalue weighted by Crippen LogP contribution is -2.59. The molecule has 40 heteroatoms. The van der Waals surface area contributed by atoms with Crippen LogP contribution in [0.4, 0.5) is 0 Å². The first kappa shape index (κ1) is 105. The number of likely N-dealkylation sites (tertiary alicyclic amines) is 5. The van der Waals surface area contributed by atoms with E-state index in [4.69, 9.17) is 16.9 Å². The van der Waals surface area contributed by atoms with Crippen molar-refractivity contribution < 1.29 is 96.8 Å². The maximum Gasteiger partial charge on any atom is 0.326 e. The van der Waals surface area contributed by atoms with Gasteiger partial charge in [0.2, 0.25) is 65.0 Å². The molecule has 6 aliphatic rings. The zero-order chi connectivity index (χ0) is 98.7. The van der Waals surface area contributed by atoms with Crippen LogP contribution in [0.1, 0.15) is 187 Å². The second-order valence-corrected chi connectivity index (χ2v) is 40.8. The molecule has 38 nitrogen and oxygen atoms in total. The highest BCUT2D eigenvalue weighted by atomic mass is 32.2. The summed E-state index contributed by atoms with van der Waals surface area (Å²) in [6.45, 7) is 11.1. The maximum atomic E-state index is 15.4. The Balaban J connectivity index is 0.744. The molecule has 1 saturated carbocycles. The van der Waals surface area contributed by atoms with Crippen LogP contribution in [-0.2, 0) is 101 Å². The number of aliphatic carboxylic acids is 1.